The Kier molecular flexibility index (Phi) is 6.14. The molecule has 2 aromatic rings. The van der Waals surface area contributed by atoms with E-state index in [1.165, 1.54) is 4.88 Å². The number of ether oxygens (including phenoxy) is 1. The van der Waals surface area contributed by atoms with Crippen molar-refractivity contribution in [2.75, 3.05) is 13.2 Å². The summed E-state index contributed by atoms with van der Waals surface area (Å²) in [5.74, 6) is 1.88. The molecular formula is C15H21NO2S. The van der Waals surface area contributed by atoms with E-state index in [9.17, 15) is 0 Å². The first-order chi connectivity index (χ1) is 9.38. The zero-order valence-corrected chi connectivity index (χ0v) is 12.2. The average molecular weight is 279 g/mol. The van der Waals surface area contributed by atoms with Crippen molar-refractivity contribution in [1.82, 2.24) is 5.32 Å². The maximum absolute atomic E-state index is 5.68. The zero-order valence-electron chi connectivity index (χ0n) is 11.4. The van der Waals surface area contributed by atoms with Crippen LogP contribution in [0.3, 0.4) is 0 Å². The van der Waals surface area contributed by atoms with E-state index < -0.39 is 0 Å². The van der Waals surface area contributed by atoms with Gasteiger partial charge in [-0.05, 0) is 36.5 Å². The summed E-state index contributed by atoms with van der Waals surface area (Å²) in [5.41, 5.74) is 0. The van der Waals surface area contributed by atoms with Gasteiger partial charge >= 0.3 is 0 Å². The number of hydrogen-bond donors (Lipinski definition) is 1. The smallest absolute Gasteiger partial charge is 0.129 e. The monoisotopic (exact) mass is 279 g/mol. The molecule has 0 saturated heterocycles. The Morgan fingerprint density at radius 2 is 2.16 bits per heavy atom. The fourth-order valence-corrected chi connectivity index (χ4v) is 2.47. The third kappa shape index (κ3) is 5.19. The van der Waals surface area contributed by atoms with Crippen LogP contribution in [0, 0.1) is 0 Å². The average Bonchev–Trinajstić information content (AvgIpc) is 3.06. The van der Waals surface area contributed by atoms with Crippen molar-refractivity contribution in [2.45, 2.75) is 32.9 Å². The molecule has 0 aliphatic rings. The van der Waals surface area contributed by atoms with Crippen LogP contribution in [0.25, 0.3) is 0 Å². The van der Waals surface area contributed by atoms with Crippen molar-refractivity contribution in [1.29, 1.82) is 0 Å². The fraction of sp³-hybridized carbons (Fsp3) is 0.467. The van der Waals surface area contributed by atoms with Crippen LogP contribution < -0.4 is 5.32 Å². The van der Waals surface area contributed by atoms with E-state index in [1.54, 1.807) is 11.3 Å². The molecule has 0 radical (unpaired) electrons. The largest absolute Gasteiger partial charge is 0.462 e. The second-order valence-corrected chi connectivity index (χ2v) is 5.46. The van der Waals surface area contributed by atoms with E-state index in [0.29, 0.717) is 6.61 Å². The fourth-order valence-electron chi connectivity index (χ4n) is 1.78. The van der Waals surface area contributed by atoms with Crippen molar-refractivity contribution >= 4 is 11.3 Å². The summed E-state index contributed by atoms with van der Waals surface area (Å²) in [6.45, 7) is 5.27. The first kappa shape index (κ1) is 14.3. The number of thiophene rings is 1. The lowest BCUT2D eigenvalue weighted by atomic mass is 10.4. The molecule has 2 rings (SSSR count). The molecule has 0 fully saturated rings. The van der Waals surface area contributed by atoms with Crippen LogP contribution in [0.15, 0.2) is 34.1 Å². The highest BCUT2D eigenvalue weighted by Gasteiger charge is 2.02. The van der Waals surface area contributed by atoms with Gasteiger partial charge in [0.1, 0.15) is 18.1 Å². The van der Waals surface area contributed by atoms with Crippen molar-refractivity contribution in [3.05, 3.63) is 46.0 Å². The van der Waals surface area contributed by atoms with Gasteiger partial charge in [0, 0.05) is 11.3 Å². The molecule has 1 N–H and O–H groups in total. The summed E-state index contributed by atoms with van der Waals surface area (Å²) in [5, 5.41) is 5.41. The predicted octanol–water partition coefficient (Wildman–Crippen LogP) is 3.60. The molecule has 0 bridgehead atoms. The Hall–Kier alpha value is -1.10. The van der Waals surface area contributed by atoms with Crippen LogP contribution in [0.1, 0.15) is 29.7 Å². The Morgan fingerprint density at radius 3 is 2.95 bits per heavy atom. The van der Waals surface area contributed by atoms with E-state index in [1.807, 2.05) is 12.1 Å². The molecule has 0 atom stereocenters. The molecule has 0 aliphatic heterocycles. The molecule has 2 heterocycles. The van der Waals surface area contributed by atoms with Crippen molar-refractivity contribution in [3.63, 3.8) is 0 Å². The molecule has 4 heteroatoms. The van der Waals surface area contributed by atoms with Crippen LogP contribution >= 0.6 is 11.3 Å². The maximum atomic E-state index is 5.68. The van der Waals surface area contributed by atoms with E-state index in [2.05, 4.69) is 29.8 Å². The molecule has 0 aliphatic carbocycles. The Bertz CT molecular complexity index is 450. The number of furan rings is 1. The van der Waals surface area contributed by atoms with Crippen LogP contribution in [-0.4, -0.2) is 13.2 Å². The quantitative estimate of drug-likeness (QED) is 0.712. The third-order valence-electron chi connectivity index (χ3n) is 2.76. The van der Waals surface area contributed by atoms with Gasteiger partial charge in [-0.15, -0.1) is 11.3 Å². The van der Waals surface area contributed by atoms with Crippen LogP contribution in [-0.2, 0) is 24.3 Å². The number of rotatable bonds is 9. The highest BCUT2D eigenvalue weighted by molar-refractivity contribution is 7.09. The molecule has 19 heavy (non-hydrogen) atoms. The van der Waals surface area contributed by atoms with Gasteiger partial charge in [-0.25, -0.2) is 0 Å². The highest BCUT2D eigenvalue weighted by atomic mass is 32.1. The van der Waals surface area contributed by atoms with Crippen LogP contribution in [0.2, 0.25) is 0 Å². The van der Waals surface area contributed by atoms with Gasteiger partial charge < -0.3 is 14.5 Å². The van der Waals surface area contributed by atoms with E-state index in [0.717, 1.165) is 44.1 Å². The predicted molar refractivity (Wildman–Crippen MR) is 78.4 cm³/mol. The van der Waals surface area contributed by atoms with Crippen LogP contribution in [0.4, 0.5) is 0 Å². The van der Waals surface area contributed by atoms with Gasteiger partial charge in [0.15, 0.2) is 0 Å². The van der Waals surface area contributed by atoms with E-state index >= 15 is 0 Å². The van der Waals surface area contributed by atoms with Crippen molar-refractivity contribution in [3.8, 4) is 0 Å². The molecule has 0 spiro atoms. The van der Waals surface area contributed by atoms with E-state index in [4.69, 9.17) is 9.15 Å². The highest BCUT2D eigenvalue weighted by Crippen LogP contribution is 2.11. The van der Waals surface area contributed by atoms with Crippen LogP contribution in [0.5, 0.6) is 0 Å². The standard InChI is InChI=1S/C15H21NO2S/c1-2-8-16-11-13-5-6-14(18-13)12-17-9-7-15-4-3-10-19-15/h3-6,10,16H,2,7-9,11-12H2,1H3. The summed E-state index contributed by atoms with van der Waals surface area (Å²) in [6, 6.07) is 8.22. The van der Waals surface area contributed by atoms with Gasteiger partial charge in [0.05, 0.1) is 13.2 Å². The maximum Gasteiger partial charge on any atom is 0.129 e. The minimum atomic E-state index is 0.555. The molecule has 0 saturated carbocycles. The van der Waals surface area contributed by atoms with Crippen molar-refractivity contribution < 1.29 is 9.15 Å². The Balaban J connectivity index is 1.63. The third-order valence-corrected chi connectivity index (χ3v) is 3.70. The summed E-state index contributed by atoms with van der Waals surface area (Å²) < 4.78 is 11.3. The lowest BCUT2D eigenvalue weighted by Gasteiger charge is -2.01. The van der Waals surface area contributed by atoms with E-state index in [-0.39, 0.29) is 0 Å². The second-order valence-electron chi connectivity index (χ2n) is 4.43. The zero-order chi connectivity index (χ0) is 13.3. The number of hydrogen-bond acceptors (Lipinski definition) is 4. The SMILES string of the molecule is CCCNCc1ccc(COCCc2cccs2)o1. The first-order valence-electron chi connectivity index (χ1n) is 6.77. The summed E-state index contributed by atoms with van der Waals surface area (Å²) in [6.07, 6.45) is 2.11. The van der Waals surface area contributed by atoms with Gasteiger partial charge in [0.25, 0.3) is 0 Å². The molecular weight excluding hydrogens is 258 g/mol. The second kappa shape index (κ2) is 8.15. The Morgan fingerprint density at radius 1 is 1.26 bits per heavy atom. The topological polar surface area (TPSA) is 34.4 Å². The molecule has 3 nitrogen and oxygen atoms in total. The molecule has 0 aromatic carbocycles. The van der Waals surface area contributed by atoms with Gasteiger partial charge in [-0.1, -0.05) is 13.0 Å². The normalized spacial score (nSPS) is 11.0. The number of nitrogens with one attached hydrogen (secondary N) is 1. The molecule has 0 unspecified atom stereocenters. The molecule has 2 aromatic heterocycles. The minimum absolute atomic E-state index is 0.555. The molecule has 104 valence electrons. The minimum Gasteiger partial charge on any atom is -0.462 e. The Labute approximate surface area is 118 Å². The lowest BCUT2D eigenvalue weighted by molar-refractivity contribution is 0.108. The lowest BCUT2D eigenvalue weighted by Crippen LogP contribution is -2.13. The van der Waals surface area contributed by atoms with Gasteiger partial charge in [0.2, 0.25) is 0 Å². The first-order valence-corrected chi connectivity index (χ1v) is 7.65. The summed E-state index contributed by atoms with van der Waals surface area (Å²) in [4.78, 5) is 1.36. The van der Waals surface area contributed by atoms with Crippen molar-refractivity contribution in [2.24, 2.45) is 0 Å². The molecule has 0 amide bonds. The van der Waals surface area contributed by atoms with Gasteiger partial charge in [-0.3, -0.25) is 0 Å². The summed E-state index contributed by atoms with van der Waals surface area (Å²) in [7, 11) is 0. The van der Waals surface area contributed by atoms with Gasteiger partial charge in [-0.2, -0.15) is 0 Å². The summed E-state index contributed by atoms with van der Waals surface area (Å²) >= 11 is 1.77.